The van der Waals surface area contributed by atoms with E-state index >= 15 is 0 Å². The monoisotopic (exact) mass is 308 g/mol. The first-order valence-corrected chi connectivity index (χ1v) is 6.55. The number of aryl methyl sites for hydroxylation is 2. The lowest BCUT2D eigenvalue weighted by atomic mass is 10.0. The number of carbonyl (C=O) groups excluding carboxylic acids is 1. The standard InChI is InChI=1S/C12H19F3N4O2/c1-5-19-9(8(3)17-18-19)7-16-11(4,12(13,14)15)10(20)21-6-2/h16H,5-7H2,1-4H3. The Morgan fingerprint density at radius 1 is 1.38 bits per heavy atom. The van der Waals surface area contributed by atoms with E-state index in [0.717, 1.165) is 6.92 Å². The first-order chi connectivity index (χ1) is 9.67. The van der Waals surface area contributed by atoms with E-state index in [2.05, 4.69) is 20.4 Å². The summed E-state index contributed by atoms with van der Waals surface area (Å²) in [6.45, 7) is 5.81. The number of halogens is 3. The predicted octanol–water partition coefficient (Wildman–Crippen LogP) is 1.58. The predicted molar refractivity (Wildman–Crippen MR) is 68.4 cm³/mol. The summed E-state index contributed by atoms with van der Waals surface area (Å²) in [5.41, 5.74) is -1.77. The molecular weight excluding hydrogens is 289 g/mol. The van der Waals surface area contributed by atoms with E-state index in [1.165, 1.54) is 11.6 Å². The molecule has 6 nitrogen and oxygen atoms in total. The molecule has 0 bridgehead atoms. The Bertz CT molecular complexity index is 501. The average molecular weight is 308 g/mol. The van der Waals surface area contributed by atoms with Crippen LogP contribution in [0.4, 0.5) is 13.2 Å². The zero-order valence-electron chi connectivity index (χ0n) is 12.4. The van der Waals surface area contributed by atoms with Crippen molar-refractivity contribution in [1.82, 2.24) is 20.3 Å². The summed E-state index contributed by atoms with van der Waals surface area (Å²) in [6, 6.07) is 0. The highest BCUT2D eigenvalue weighted by atomic mass is 19.4. The van der Waals surface area contributed by atoms with E-state index in [1.54, 1.807) is 13.8 Å². The molecule has 120 valence electrons. The second-order valence-electron chi connectivity index (χ2n) is 4.63. The summed E-state index contributed by atoms with van der Waals surface area (Å²) < 4.78 is 45.6. The SMILES string of the molecule is CCOC(=O)C(C)(NCc1c(C)nnn1CC)C(F)(F)F. The maximum Gasteiger partial charge on any atom is 0.417 e. The van der Waals surface area contributed by atoms with Crippen molar-refractivity contribution in [2.75, 3.05) is 6.61 Å². The highest BCUT2D eigenvalue weighted by Crippen LogP contribution is 2.31. The van der Waals surface area contributed by atoms with Gasteiger partial charge in [-0.25, -0.2) is 9.48 Å². The van der Waals surface area contributed by atoms with E-state index in [-0.39, 0.29) is 13.2 Å². The van der Waals surface area contributed by atoms with Gasteiger partial charge in [0.05, 0.1) is 18.0 Å². The van der Waals surface area contributed by atoms with E-state index in [0.29, 0.717) is 17.9 Å². The third-order valence-corrected chi connectivity index (χ3v) is 3.19. The Hall–Kier alpha value is -1.64. The molecule has 1 aromatic heterocycles. The second kappa shape index (κ2) is 6.42. The van der Waals surface area contributed by atoms with Gasteiger partial charge in [0.25, 0.3) is 0 Å². The zero-order chi connectivity index (χ0) is 16.3. The average Bonchev–Trinajstić information content (AvgIpc) is 2.75. The third-order valence-electron chi connectivity index (χ3n) is 3.19. The van der Waals surface area contributed by atoms with E-state index in [9.17, 15) is 18.0 Å². The molecule has 0 aromatic carbocycles. The molecule has 21 heavy (non-hydrogen) atoms. The van der Waals surface area contributed by atoms with Crippen LogP contribution in [0.5, 0.6) is 0 Å². The molecule has 0 aliphatic carbocycles. The normalized spacial score (nSPS) is 14.8. The first kappa shape index (κ1) is 17.4. The van der Waals surface area contributed by atoms with Crippen LogP contribution in [0.3, 0.4) is 0 Å². The number of rotatable bonds is 6. The molecule has 0 saturated heterocycles. The summed E-state index contributed by atoms with van der Waals surface area (Å²) in [5.74, 6) is -1.36. The molecule has 0 aliphatic heterocycles. The molecule has 0 amide bonds. The molecule has 0 fully saturated rings. The Balaban J connectivity index is 2.98. The molecule has 0 aliphatic rings. The lowest BCUT2D eigenvalue weighted by Crippen LogP contribution is -2.60. The molecule has 1 rings (SSSR count). The molecule has 0 spiro atoms. The van der Waals surface area contributed by atoms with Gasteiger partial charge in [-0.05, 0) is 27.7 Å². The Kier molecular flexibility index (Phi) is 5.32. The van der Waals surface area contributed by atoms with Crippen molar-refractivity contribution < 1.29 is 22.7 Å². The van der Waals surface area contributed by atoms with Gasteiger partial charge in [-0.3, -0.25) is 5.32 Å². The van der Waals surface area contributed by atoms with Crippen LogP contribution in [0, 0.1) is 6.92 Å². The first-order valence-electron chi connectivity index (χ1n) is 6.55. The number of alkyl halides is 3. The fourth-order valence-electron chi connectivity index (χ4n) is 1.72. The smallest absolute Gasteiger partial charge is 0.417 e. The number of nitrogens with zero attached hydrogens (tertiary/aromatic N) is 3. The molecule has 1 N–H and O–H groups in total. The van der Waals surface area contributed by atoms with Crippen LogP contribution in [-0.4, -0.2) is 39.3 Å². The molecule has 1 atom stereocenters. The zero-order valence-corrected chi connectivity index (χ0v) is 12.4. The second-order valence-corrected chi connectivity index (χ2v) is 4.63. The molecule has 0 saturated carbocycles. The van der Waals surface area contributed by atoms with Gasteiger partial charge in [0, 0.05) is 13.1 Å². The van der Waals surface area contributed by atoms with Gasteiger partial charge in [0.1, 0.15) is 0 Å². The van der Waals surface area contributed by atoms with Crippen LogP contribution in [-0.2, 0) is 22.6 Å². The lowest BCUT2D eigenvalue weighted by Gasteiger charge is -2.30. The van der Waals surface area contributed by atoms with Crippen LogP contribution < -0.4 is 5.32 Å². The number of aromatic nitrogens is 3. The van der Waals surface area contributed by atoms with Crippen molar-refractivity contribution in [2.45, 2.75) is 52.5 Å². The van der Waals surface area contributed by atoms with Crippen LogP contribution in [0.25, 0.3) is 0 Å². The van der Waals surface area contributed by atoms with Crippen molar-refractivity contribution in [1.29, 1.82) is 0 Å². The van der Waals surface area contributed by atoms with Gasteiger partial charge in [0.2, 0.25) is 5.54 Å². The quantitative estimate of drug-likeness (QED) is 0.808. The molecule has 0 radical (unpaired) electrons. The van der Waals surface area contributed by atoms with E-state index in [1.807, 2.05) is 0 Å². The fraction of sp³-hybridized carbons (Fsp3) is 0.750. The van der Waals surface area contributed by atoms with Gasteiger partial charge in [-0.2, -0.15) is 13.2 Å². The lowest BCUT2D eigenvalue weighted by molar-refractivity contribution is -0.209. The Labute approximate surface area is 120 Å². The summed E-state index contributed by atoms with van der Waals surface area (Å²) in [6.07, 6.45) is -4.78. The van der Waals surface area contributed by atoms with Crippen molar-refractivity contribution in [3.8, 4) is 0 Å². The van der Waals surface area contributed by atoms with E-state index < -0.39 is 17.7 Å². The highest BCUT2D eigenvalue weighted by Gasteiger charge is 2.58. The van der Waals surface area contributed by atoms with Crippen LogP contribution >= 0.6 is 0 Å². The topological polar surface area (TPSA) is 69.0 Å². The summed E-state index contributed by atoms with van der Waals surface area (Å²) in [5, 5.41) is 9.85. The summed E-state index contributed by atoms with van der Waals surface area (Å²) in [7, 11) is 0. The molecule has 9 heteroatoms. The molecule has 1 unspecified atom stereocenters. The molecular formula is C12H19F3N4O2. The number of carbonyl (C=O) groups is 1. The van der Waals surface area contributed by atoms with Crippen LogP contribution in [0.1, 0.15) is 32.2 Å². The van der Waals surface area contributed by atoms with Crippen molar-refractivity contribution >= 4 is 5.97 Å². The number of hydrogen-bond donors (Lipinski definition) is 1. The summed E-state index contributed by atoms with van der Waals surface area (Å²) in [4.78, 5) is 11.7. The minimum absolute atomic E-state index is 0.125. The van der Waals surface area contributed by atoms with Crippen LogP contribution in [0.15, 0.2) is 0 Å². The number of hydrogen-bond acceptors (Lipinski definition) is 5. The van der Waals surface area contributed by atoms with Gasteiger partial charge in [-0.15, -0.1) is 5.10 Å². The third kappa shape index (κ3) is 3.52. The molecule has 1 aromatic rings. The van der Waals surface area contributed by atoms with Crippen LogP contribution in [0.2, 0.25) is 0 Å². The van der Waals surface area contributed by atoms with Gasteiger partial charge in [-0.1, -0.05) is 5.21 Å². The van der Waals surface area contributed by atoms with Gasteiger partial charge in [0.15, 0.2) is 0 Å². The maximum absolute atomic E-state index is 13.2. The van der Waals surface area contributed by atoms with Crippen molar-refractivity contribution in [2.24, 2.45) is 0 Å². The highest BCUT2D eigenvalue weighted by molar-refractivity contribution is 5.81. The summed E-state index contributed by atoms with van der Waals surface area (Å²) >= 11 is 0. The van der Waals surface area contributed by atoms with E-state index in [4.69, 9.17) is 0 Å². The van der Waals surface area contributed by atoms with Gasteiger partial charge >= 0.3 is 12.1 Å². The number of esters is 1. The molecule has 1 heterocycles. The number of nitrogens with one attached hydrogen (secondary N) is 1. The fourth-order valence-corrected chi connectivity index (χ4v) is 1.72. The van der Waals surface area contributed by atoms with Crippen molar-refractivity contribution in [3.05, 3.63) is 11.4 Å². The minimum Gasteiger partial charge on any atom is -0.464 e. The maximum atomic E-state index is 13.2. The number of ether oxygens (including phenoxy) is 1. The Morgan fingerprint density at radius 3 is 2.48 bits per heavy atom. The van der Waals surface area contributed by atoms with Gasteiger partial charge < -0.3 is 4.74 Å². The Morgan fingerprint density at radius 2 is 2.00 bits per heavy atom. The minimum atomic E-state index is -4.78. The largest absolute Gasteiger partial charge is 0.464 e. The van der Waals surface area contributed by atoms with Crippen molar-refractivity contribution in [3.63, 3.8) is 0 Å².